The average molecular weight is 287 g/mol. The number of hydrazone groups is 1. The molecule has 1 heterocycles. The van der Waals surface area contributed by atoms with Crippen molar-refractivity contribution >= 4 is 12.2 Å². The number of amides is 2. The predicted molar refractivity (Wildman–Crippen MR) is 78.9 cm³/mol. The maximum atomic E-state index is 12.1. The van der Waals surface area contributed by atoms with Crippen molar-refractivity contribution in [1.29, 1.82) is 0 Å². The molecule has 4 aliphatic rings. The van der Waals surface area contributed by atoms with Gasteiger partial charge >= 0.3 is 6.03 Å². The first-order chi connectivity index (χ1) is 10.2. The van der Waals surface area contributed by atoms with Gasteiger partial charge in [-0.05, 0) is 68.4 Å². The molecule has 0 unspecified atom stereocenters. The van der Waals surface area contributed by atoms with E-state index < -0.39 is 0 Å². The Morgan fingerprint density at radius 1 is 1.24 bits per heavy atom. The minimum Gasteiger partial charge on any atom is -0.463 e. The Hall–Kier alpha value is -1.78. The lowest BCUT2D eigenvalue weighted by Crippen LogP contribution is -2.61. The lowest BCUT2D eigenvalue weighted by atomic mass is 9.53. The third-order valence-corrected chi connectivity index (χ3v) is 5.32. The summed E-state index contributed by atoms with van der Waals surface area (Å²) in [5, 5.41) is 7.14. The number of nitrogens with zero attached hydrogens (tertiary/aromatic N) is 1. The van der Waals surface area contributed by atoms with Gasteiger partial charge in [0.2, 0.25) is 0 Å². The molecule has 0 radical (unpaired) electrons. The molecule has 5 rings (SSSR count). The SMILES string of the molecule is O=C(NN=Cc1ccco1)NC12CC3CC(CC(C3)C1)C2. The van der Waals surface area contributed by atoms with E-state index in [-0.39, 0.29) is 11.6 Å². The second-order valence-electron chi connectivity index (χ2n) is 7.04. The lowest BCUT2D eigenvalue weighted by molar-refractivity contribution is -0.0135. The number of nitrogens with one attached hydrogen (secondary N) is 2. The molecule has 112 valence electrons. The van der Waals surface area contributed by atoms with Gasteiger partial charge in [-0.25, -0.2) is 10.2 Å². The maximum absolute atomic E-state index is 12.1. The molecule has 4 aliphatic carbocycles. The zero-order valence-corrected chi connectivity index (χ0v) is 12.0. The monoisotopic (exact) mass is 287 g/mol. The van der Waals surface area contributed by atoms with Gasteiger partial charge in [-0.3, -0.25) is 0 Å². The number of urea groups is 1. The van der Waals surface area contributed by atoms with Crippen molar-refractivity contribution < 1.29 is 9.21 Å². The van der Waals surface area contributed by atoms with Crippen LogP contribution in [0.2, 0.25) is 0 Å². The van der Waals surface area contributed by atoms with Crippen LogP contribution in [-0.2, 0) is 0 Å². The molecule has 4 saturated carbocycles. The highest BCUT2D eigenvalue weighted by Gasteiger charge is 2.51. The van der Waals surface area contributed by atoms with Crippen LogP contribution in [0, 0.1) is 17.8 Å². The fourth-order valence-corrected chi connectivity index (χ4v) is 5.05. The van der Waals surface area contributed by atoms with E-state index in [0.29, 0.717) is 5.76 Å². The van der Waals surface area contributed by atoms with E-state index >= 15 is 0 Å². The number of carbonyl (C=O) groups excluding carboxylic acids is 1. The highest BCUT2D eigenvalue weighted by atomic mass is 16.3. The van der Waals surface area contributed by atoms with Gasteiger partial charge < -0.3 is 9.73 Å². The van der Waals surface area contributed by atoms with Crippen molar-refractivity contribution in [3.63, 3.8) is 0 Å². The van der Waals surface area contributed by atoms with Crippen LogP contribution in [0.15, 0.2) is 27.9 Å². The summed E-state index contributed by atoms with van der Waals surface area (Å²) in [6, 6.07) is 3.39. The highest BCUT2D eigenvalue weighted by molar-refractivity contribution is 5.79. The highest BCUT2D eigenvalue weighted by Crippen LogP contribution is 2.55. The van der Waals surface area contributed by atoms with Gasteiger partial charge in [-0.2, -0.15) is 5.10 Å². The molecule has 5 nitrogen and oxygen atoms in total. The van der Waals surface area contributed by atoms with Crippen molar-refractivity contribution in [2.45, 2.75) is 44.1 Å². The molecule has 0 aromatic carbocycles. The normalized spacial score (nSPS) is 37.0. The molecular weight excluding hydrogens is 266 g/mol. The summed E-state index contributed by atoms with van der Waals surface area (Å²) in [6.07, 6.45) is 10.7. The molecule has 2 amide bonds. The van der Waals surface area contributed by atoms with Crippen LogP contribution in [0.3, 0.4) is 0 Å². The third-order valence-electron chi connectivity index (χ3n) is 5.32. The minimum absolute atomic E-state index is 0.0268. The quantitative estimate of drug-likeness (QED) is 0.663. The Bertz CT molecular complexity index is 515. The third kappa shape index (κ3) is 2.57. The van der Waals surface area contributed by atoms with Gasteiger partial charge in [0.25, 0.3) is 0 Å². The van der Waals surface area contributed by atoms with Gasteiger partial charge in [0.05, 0.1) is 12.5 Å². The van der Waals surface area contributed by atoms with E-state index in [1.807, 2.05) is 0 Å². The molecule has 4 bridgehead atoms. The summed E-state index contributed by atoms with van der Waals surface area (Å²) in [5.74, 6) is 3.10. The first-order valence-electron chi connectivity index (χ1n) is 7.85. The fraction of sp³-hybridized carbons (Fsp3) is 0.625. The van der Waals surface area contributed by atoms with E-state index in [1.165, 1.54) is 25.5 Å². The van der Waals surface area contributed by atoms with E-state index in [9.17, 15) is 4.79 Å². The molecule has 5 heteroatoms. The molecule has 0 aliphatic heterocycles. The molecule has 0 atom stereocenters. The Morgan fingerprint density at radius 3 is 2.48 bits per heavy atom. The zero-order valence-electron chi connectivity index (χ0n) is 12.0. The summed E-state index contributed by atoms with van der Waals surface area (Å²) in [5.41, 5.74) is 2.58. The van der Waals surface area contributed by atoms with Crippen LogP contribution in [-0.4, -0.2) is 17.8 Å². The predicted octanol–water partition coefficient (Wildman–Crippen LogP) is 2.88. The van der Waals surface area contributed by atoms with Crippen molar-refractivity contribution in [3.8, 4) is 0 Å². The van der Waals surface area contributed by atoms with Gasteiger partial charge in [0.15, 0.2) is 0 Å². The molecule has 21 heavy (non-hydrogen) atoms. The summed E-state index contributed by atoms with van der Waals surface area (Å²) in [4.78, 5) is 12.1. The smallest absolute Gasteiger partial charge is 0.335 e. The molecule has 4 fully saturated rings. The number of hydrogen-bond donors (Lipinski definition) is 2. The Balaban J connectivity index is 1.36. The number of carbonyl (C=O) groups is 1. The van der Waals surface area contributed by atoms with Gasteiger partial charge in [0, 0.05) is 5.54 Å². The molecular formula is C16H21N3O2. The topological polar surface area (TPSA) is 66.6 Å². The number of hydrogen-bond acceptors (Lipinski definition) is 3. The maximum Gasteiger partial charge on any atom is 0.335 e. The van der Waals surface area contributed by atoms with Crippen molar-refractivity contribution in [2.75, 3.05) is 0 Å². The number of rotatable bonds is 3. The molecule has 0 spiro atoms. The van der Waals surface area contributed by atoms with Crippen molar-refractivity contribution in [3.05, 3.63) is 24.2 Å². The van der Waals surface area contributed by atoms with E-state index in [4.69, 9.17) is 4.42 Å². The average Bonchev–Trinajstić information content (AvgIpc) is 2.89. The first kappa shape index (κ1) is 12.9. The van der Waals surface area contributed by atoms with Crippen LogP contribution in [0.25, 0.3) is 0 Å². The second kappa shape index (κ2) is 4.90. The van der Waals surface area contributed by atoms with Crippen LogP contribution >= 0.6 is 0 Å². The largest absolute Gasteiger partial charge is 0.463 e. The van der Waals surface area contributed by atoms with E-state index in [0.717, 1.165) is 37.0 Å². The number of furan rings is 1. The molecule has 2 N–H and O–H groups in total. The van der Waals surface area contributed by atoms with Crippen LogP contribution in [0.4, 0.5) is 4.79 Å². The van der Waals surface area contributed by atoms with Gasteiger partial charge in [-0.1, -0.05) is 0 Å². The van der Waals surface area contributed by atoms with Crippen LogP contribution in [0.5, 0.6) is 0 Å². The Morgan fingerprint density at radius 2 is 1.90 bits per heavy atom. The van der Waals surface area contributed by atoms with E-state index in [2.05, 4.69) is 15.8 Å². The van der Waals surface area contributed by atoms with Gasteiger partial charge in [0.1, 0.15) is 5.76 Å². The van der Waals surface area contributed by atoms with Crippen LogP contribution < -0.4 is 10.7 Å². The first-order valence-corrected chi connectivity index (χ1v) is 7.85. The van der Waals surface area contributed by atoms with E-state index in [1.54, 1.807) is 18.4 Å². The standard InChI is InChI=1S/C16H21N3O2/c20-15(19-17-10-14-2-1-3-21-14)18-16-7-11-4-12(8-16)6-13(5-11)9-16/h1-3,10-13H,4-9H2,(H2,18,19,20). The van der Waals surface area contributed by atoms with Gasteiger partial charge in [-0.15, -0.1) is 0 Å². The summed E-state index contributed by atoms with van der Waals surface area (Å²) >= 11 is 0. The fourth-order valence-electron chi connectivity index (χ4n) is 5.05. The molecule has 0 saturated heterocycles. The van der Waals surface area contributed by atoms with Crippen molar-refractivity contribution in [1.82, 2.24) is 10.7 Å². The summed E-state index contributed by atoms with van der Waals surface area (Å²) in [6.45, 7) is 0. The minimum atomic E-state index is -0.195. The zero-order chi connectivity index (χ0) is 14.3. The Labute approximate surface area is 124 Å². The summed E-state index contributed by atoms with van der Waals surface area (Å²) in [7, 11) is 0. The lowest BCUT2D eigenvalue weighted by Gasteiger charge is -2.56. The Kier molecular flexibility index (Phi) is 3.01. The second-order valence-corrected chi connectivity index (χ2v) is 7.04. The molecule has 1 aromatic rings. The summed E-state index contributed by atoms with van der Waals surface area (Å²) < 4.78 is 5.13. The van der Waals surface area contributed by atoms with Crippen LogP contribution in [0.1, 0.15) is 44.3 Å². The van der Waals surface area contributed by atoms with Crippen molar-refractivity contribution in [2.24, 2.45) is 22.9 Å². The molecule has 1 aromatic heterocycles.